The monoisotopic (exact) mass is 417 g/mol. The number of ether oxygens (including phenoxy) is 2. The Labute approximate surface area is 168 Å². The lowest BCUT2D eigenvalue weighted by atomic mass is 10.2. The third kappa shape index (κ3) is 5.10. The predicted molar refractivity (Wildman–Crippen MR) is 105 cm³/mol. The second kappa shape index (κ2) is 9.89. The van der Waals surface area contributed by atoms with Crippen LogP contribution < -0.4 is 15.4 Å². The van der Waals surface area contributed by atoms with Crippen molar-refractivity contribution in [2.75, 3.05) is 44.4 Å². The van der Waals surface area contributed by atoms with Gasteiger partial charge in [0.15, 0.2) is 5.82 Å². The van der Waals surface area contributed by atoms with Gasteiger partial charge in [-0.2, -0.15) is 4.98 Å². The van der Waals surface area contributed by atoms with Crippen LogP contribution in [0.5, 0.6) is 5.75 Å². The normalized spacial score (nSPS) is 14.8. The third-order valence-electron chi connectivity index (χ3n) is 4.06. The van der Waals surface area contributed by atoms with E-state index in [2.05, 4.69) is 15.0 Å². The van der Waals surface area contributed by atoms with Crippen molar-refractivity contribution in [2.24, 2.45) is 12.8 Å². The molecule has 0 atom stereocenters. The summed E-state index contributed by atoms with van der Waals surface area (Å²) in [5, 5.41) is 4.93. The van der Waals surface area contributed by atoms with Gasteiger partial charge in [0, 0.05) is 37.8 Å². The molecule has 1 aliphatic heterocycles. The minimum atomic E-state index is 0. The van der Waals surface area contributed by atoms with Crippen molar-refractivity contribution in [1.82, 2.24) is 14.8 Å². The molecule has 1 aliphatic rings. The molecule has 27 heavy (non-hydrogen) atoms. The van der Waals surface area contributed by atoms with Crippen LogP contribution in [0, 0.1) is 0 Å². The van der Waals surface area contributed by atoms with Gasteiger partial charge in [0.1, 0.15) is 12.4 Å². The number of hydrogen-bond acceptors (Lipinski definition) is 6. The van der Waals surface area contributed by atoms with Crippen molar-refractivity contribution in [3.05, 3.63) is 35.1 Å². The Kier molecular flexibility index (Phi) is 7.85. The van der Waals surface area contributed by atoms with Crippen molar-refractivity contribution >= 4 is 30.0 Å². The maximum Gasteiger partial charge on any atom is 0.224 e. The summed E-state index contributed by atoms with van der Waals surface area (Å²) in [5.74, 6) is 1.84. The predicted octanol–water partition coefficient (Wildman–Crippen LogP) is 2.58. The minimum Gasteiger partial charge on any atom is -0.489 e. The Hall–Kier alpha value is -1.87. The highest BCUT2D eigenvalue weighted by atomic mass is 35.5. The van der Waals surface area contributed by atoms with Gasteiger partial charge in [-0.15, -0.1) is 17.5 Å². The number of aryl methyl sites for hydroxylation is 1. The molecule has 1 saturated heterocycles. The molecule has 10 heteroatoms. The van der Waals surface area contributed by atoms with Gasteiger partial charge in [-0.1, -0.05) is 11.6 Å². The van der Waals surface area contributed by atoms with E-state index in [1.165, 1.54) is 0 Å². The maximum absolute atomic E-state index is 12.5. The van der Waals surface area contributed by atoms with Crippen molar-refractivity contribution < 1.29 is 13.9 Å². The molecule has 2 heterocycles. The van der Waals surface area contributed by atoms with Gasteiger partial charge in [-0.05, 0) is 18.2 Å². The van der Waals surface area contributed by atoms with Crippen molar-refractivity contribution in [3.8, 4) is 17.1 Å². The number of hydrogen-bond donors (Lipinski definition) is 1. The highest BCUT2D eigenvalue weighted by Crippen LogP contribution is 2.30. The average Bonchev–Trinajstić information content (AvgIpc) is 3.05. The van der Waals surface area contributed by atoms with Crippen LogP contribution in [-0.2, 0) is 11.8 Å². The van der Waals surface area contributed by atoms with Gasteiger partial charge in [0.05, 0.1) is 24.6 Å². The first-order chi connectivity index (χ1) is 12.6. The molecule has 0 radical (unpaired) electrons. The Balaban J connectivity index is 0.00000261. The number of nitrogens with zero attached hydrogens (tertiary/aromatic N) is 4. The van der Waals surface area contributed by atoms with Gasteiger partial charge in [0.2, 0.25) is 5.95 Å². The van der Waals surface area contributed by atoms with E-state index in [4.69, 9.17) is 26.8 Å². The van der Waals surface area contributed by atoms with Gasteiger partial charge in [-0.25, -0.2) is 9.07 Å². The van der Waals surface area contributed by atoms with E-state index in [0.29, 0.717) is 47.3 Å². The fourth-order valence-corrected chi connectivity index (χ4v) is 2.86. The first kappa shape index (κ1) is 21.4. The lowest BCUT2D eigenvalue weighted by Gasteiger charge is -2.26. The second-order valence-corrected chi connectivity index (χ2v) is 6.27. The molecule has 1 fully saturated rings. The summed E-state index contributed by atoms with van der Waals surface area (Å²) in [4.78, 5) is 6.74. The molecule has 1 aromatic heterocycles. The average molecular weight is 418 g/mol. The van der Waals surface area contributed by atoms with Gasteiger partial charge < -0.3 is 20.1 Å². The van der Waals surface area contributed by atoms with Gasteiger partial charge in [-0.3, -0.25) is 0 Å². The summed E-state index contributed by atoms with van der Waals surface area (Å²) in [7, 11) is 1.85. The summed E-state index contributed by atoms with van der Waals surface area (Å²) in [6.45, 7) is 3.08. The molecule has 7 nitrogen and oxygen atoms in total. The molecule has 3 rings (SSSR count). The molecule has 1 aromatic carbocycles. The zero-order chi connectivity index (χ0) is 18.5. The summed E-state index contributed by atoms with van der Waals surface area (Å²) in [5.41, 5.74) is 6.48. The molecule has 0 amide bonds. The summed E-state index contributed by atoms with van der Waals surface area (Å²) < 4.78 is 25.2. The van der Waals surface area contributed by atoms with E-state index < -0.39 is 0 Å². The Bertz CT molecular complexity index is 794. The van der Waals surface area contributed by atoms with Crippen LogP contribution in [0.4, 0.5) is 10.3 Å². The van der Waals surface area contributed by atoms with Crippen molar-refractivity contribution in [2.45, 2.75) is 0 Å². The van der Waals surface area contributed by atoms with E-state index in [-0.39, 0.29) is 25.6 Å². The smallest absolute Gasteiger partial charge is 0.224 e. The molecule has 2 N–H and O–H groups in total. The number of nitrogens with two attached hydrogens (primary N) is 1. The van der Waals surface area contributed by atoms with Crippen LogP contribution in [0.1, 0.15) is 0 Å². The summed E-state index contributed by atoms with van der Waals surface area (Å²) in [6, 6.07) is 5.20. The van der Waals surface area contributed by atoms with Gasteiger partial charge >= 0.3 is 0 Å². The number of morpholine rings is 1. The van der Waals surface area contributed by atoms with E-state index in [1.807, 2.05) is 7.05 Å². The van der Waals surface area contributed by atoms with Crippen LogP contribution in [0.25, 0.3) is 11.4 Å². The highest BCUT2D eigenvalue weighted by Gasteiger charge is 2.19. The van der Waals surface area contributed by atoms with Crippen LogP contribution in [0.2, 0.25) is 5.02 Å². The molecule has 148 valence electrons. The van der Waals surface area contributed by atoms with Crippen molar-refractivity contribution in [1.29, 1.82) is 0 Å². The third-order valence-corrected chi connectivity index (χ3v) is 4.37. The first-order valence-electron chi connectivity index (χ1n) is 8.27. The molecular weight excluding hydrogens is 396 g/mol. The molecule has 0 spiro atoms. The maximum atomic E-state index is 12.5. The fraction of sp³-hybridized carbons (Fsp3) is 0.412. The molecule has 0 unspecified atom stereocenters. The number of anilines is 1. The standard InChI is InChI=1S/C17H21ClFN5O2.ClH/c1-23-17(24-4-6-25-7-5-24)21-16(22-23)14-3-2-13(8-15(14)18)26-11-12(9-19)10-20;/h2-3,8-9H,4-7,10-11,20H2,1H3;1H/b12-9+;. The van der Waals surface area contributed by atoms with Crippen molar-refractivity contribution in [3.63, 3.8) is 0 Å². The molecule has 2 aromatic rings. The zero-order valence-corrected chi connectivity index (χ0v) is 16.5. The Morgan fingerprint density at radius 2 is 2.15 bits per heavy atom. The number of benzene rings is 1. The second-order valence-electron chi connectivity index (χ2n) is 5.86. The largest absolute Gasteiger partial charge is 0.489 e. The summed E-state index contributed by atoms with van der Waals surface area (Å²) in [6.07, 6.45) is 0.459. The zero-order valence-electron chi connectivity index (χ0n) is 14.9. The minimum absolute atomic E-state index is 0. The Morgan fingerprint density at radius 1 is 1.41 bits per heavy atom. The molecule has 0 aliphatic carbocycles. The number of aromatic nitrogens is 3. The number of halogens is 3. The lowest BCUT2D eigenvalue weighted by Crippen LogP contribution is -2.37. The van der Waals surface area contributed by atoms with E-state index in [9.17, 15) is 4.39 Å². The highest BCUT2D eigenvalue weighted by molar-refractivity contribution is 6.33. The van der Waals surface area contributed by atoms with Crippen LogP contribution in [-0.4, -0.2) is 54.2 Å². The van der Waals surface area contributed by atoms with Crippen LogP contribution in [0.3, 0.4) is 0 Å². The molecule has 0 bridgehead atoms. The van der Waals surface area contributed by atoms with Crippen LogP contribution in [0.15, 0.2) is 30.1 Å². The lowest BCUT2D eigenvalue weighted by molar-refractivity contribution is 0.121. The summed E-state index contributed by atoms with van der Waals surface area (Å²) >= 11 is 6.38. The first-order valence-corrected chi connectivity index (χ1v) is 8.65. The Morgan fingerprint density at radius 3 is 2.78 bits per heavy atom. The van der Waals surface area contributed by atoms with Gasteiger partial charge in [0.25, 0.3) is 0 Å². The fourth-order valence-electron chi connectivity index (χ4n) is 2.61. The molecular formula is C17H22Cl2FN5O2. The van der Waals surface area contributed by atoms with E-state index in [0.717, 1.165) is 19.0 Å². The van der Waals surface area contributed by atoms with E-state index in [1.54, 1.807) is 22.9 Å². The van der Waals surface area contributed by atoms with Crippen LogP contribution >= 0.6 is 24.0 Å². The SMILES string of the molecule is Cl.Cn1nc(-c2ccc(OC/C(=C/F)CN)cc2Cl)nc1N1CCOCC1. The quantitative estimate of drug-likeness (QED) is 0.777. The number of rotatable bonds is 6. The van der Waals surface area contributed by atoms with E-state index >= 15 is 0 Å². The topological polar surface area (TPSA) is 78.4 Å². The molecule has 0 saturated carbocycles.